The molecular weight excluding hydrogens is 618 g/mol. The number of carboxylic acid groups (broad SMARTS) is 1. The summed E-state index contributed by atoms with van der Waals surface area (Å²) in [6.45, 7) is 12.9. The molecule has 1 aliphatic rings. The highest BCUT2D eigenvalue weighted by atomic mass is 32.2. The van der Waals surface area contributed by atoms with Crippen molar-refractivity contribution >= 4 is 31.9 Å². The Morgan fingerprint density at radius 3 is 2.24 bits per heavy atom. The van der Waals surface area contributed by atoms with E-state index in [1.165, 1.54) is 24.3 Å². The number of benzene rings is 2. The van der Waals surface area contributed by atoms with Crippen LogP contribution in [0.2, 0.25) is 0 Å². The van der Waals surface area contributed by atoms with Gasteiger partial charge in [-0.3, -0.25) is 13.9 Å². The number of allylic oxidation sites excluding steroid dienone is 5. The molecule has 3 N–H and O–H groups in total. The normalized spacial score (nSPS) is 18.1. The van der Waals surface area contributed by atoms with Crippen LogP contribution >= 0.6 is 0 Å². The first-order valence-corrected chi connectivity index (χ1v) is 17.5. The number of nitrogens with zero attached hydrogens (tertiary/aromatic N) is 1. The lowest BCUT2D eigenvalue weighted by Crippen LogP contribution is -2.30. The average molecular weight is 662 g/mol. The van der Waals surface area contributed by atoms with E-state index in [1.54, 1.807) is 19.2 Å². The Bertz CT molecular complexity index is 1720. The van der Waals surface area contributed by atoms with Crippen LogP contribution in [0.1, 0.15) is 69.6 Å². The highest BCUT2D eigenvalue weighted by Crippen LogP contribution is 2.51. The lowest BCUT2D eigenvalue weighted by atomic mass is 9.76. The quantitative estimate of drug-likeness (QED) is 0.114. The van der Waals surface area contributed by atoms with E-state index in [0.29, 0.717) is 50.0 Å². The average Bonchev–Trinajstić information content (AvgIpc) is 3.17. The fraction of sp³-hybridized carbons (Fsp3) is 0.424. The first-order chi connectivity index (χ1) is 20.8. The van der Waals surface area contributed by atoms with Gasteiger partial charge in [-0.25, -0.2) is 0 Å². The molecule has 1 aliphatic heterocycles. The van der Waals surface area contributed by atoms with Gasteiger partial charge in [0.25, 0.3) is 20.2 Å². The molecule has 0 aromatic heterocycles. The first-order valence-electron chi connectivity index (χ1n) is 14.6. The van der Waals surface area contributed by atoms with E-state index >= 15 is 0 Å². The summed E-state index contributed by atoms with van der Waals surface area (Å²) in [4.78, 5) is 12.7. The van der Waals surface area contributed by atoms with Crippen molar-refractivity contribution in [1.29, 1.82) is 0 Å². The van der Waals surface area contributed by atoms with E-state index in [2.05, 4.69) is 11.5 Å². The summed E-state index contributed by atoms with van der Waals surface area (Å²) in [7, 11) is -7.26. The minimum absolute atomic E-state index is 0.0792. The van der Waals surface area contributed by atoms with Crippen molar-refractivity contribution in [2.24, 2.45) is 0 Å². The molecule has 10 nitrogen and oxygen atoms in total. The van der Waals surface area contributed by atoms with Gasteiger partial charge in [-0.15, -0.1) is 0 Å². The molecule has 0 bridgehead atoms. The number of anilines is 1. The van der Waals surface area contributed by atoms with Crippen LogP contribution in [0.25, 0.3) is 0 Å². The standard InChI is InChI=1S/C33H43NO9S2/c1-23-14-15-25(44(37,38)39)21-27(23)32(3,4)24(2)11-10-12-30-33(5,18-20-43-6)28-22-26(45(40,41)42)16-17-29(28)34(30)19-9-7-8-13-31(35)36/h10-12,14-17,21-22H,2,7-9,13,18-20H2,1,3-6H3,(H,35,36)(H,37,38,39)(H,40,41,42)/b11-10+,30-12+. The van der Waals surface area contributed by atoms with Crippen LogP contribution in [0.4, 0.5) is 5.69 Å². The van der Waals surface area contributed by atoms with Gasteiger partial charge in [0, 0.05) is 48.9 Å². The van der Waals surface area contributed by atoms with Crippen LogP contribution in [0.5, 0.6) is 0 Å². The van der Waals surface area contributed by atoms with E-state index < -0.39 is 37.0 Å². The van der Waals surface area contributed by atoms with Gasteiger partial charge in [0.1, 0.15) is 0 Å². The van der Waals surface area contributed by atoms with Crippen molar-refractivity contribution in [1.82, 2.24) is 0 Å². The molecule has 2 aromatic carbocycles. The second kappa shape index (κ2) is 14.0. The fourth-order valence-corrected chi connectivity index (χ4v) is 6.81. The number of hydrogen-bond acceptors (Lipinski definition) is 7. The van der Waals surface area contributed by atoms with Crippen molar-refractivity contribution in [2.45, 2.75) is 80.4 Å². The second-order valence-corrected chi connectivity index (χ2v) is 14.9. The molecule has 0 saturated carbocycles. The van der Waals surface area contributed by atoms with Gasteiger partial charge < -0.3 is 14.7 Å². The predicted octanol–water partition coefficient (Wildman–Crippen LogP) is 6.22. The van der Waals surface area contributed by atoms with Crippen molar-refractivity contribution in [3.8, 4) is 0 Å². The summed E-state index contributed by atoms with van der Waals surface area (Å²) in [6.07, 6.45) is 8.11. The van der Waals surface area contributed by atoms with Crippen LogP contribution in [0, 0.1) is 6.92 Å². The van der Waals surface area contributed by atoms with Crippen LogP contribution in [0.15, 0.2) is 82.3 Å². The monoisotopic (exact) mass is 661 g/mol. The third kappa shape index (κ3) is 8.30. The number of unbranched alkanes of at least 4 members (excludes halogenated alkanes) is 2. The van der Waals surface area contributed by atoms with Crippen LogP contribution in [-0.4, -0.2) is 57.3 Å². The van der Waals surface area contributed by atoms with Crippen LogP contribution in [0.3, 0.4) is 0 Å². The highest BCUT2D eigenvalue weighted by Gasteiger charge is 2.43. The van der Waals surface area contributed by atoms with Crippen molar-refractivity contribution in [2.75, 3.05) is 25.2 Å². The lowest BCUT2D eigenvalue weighted by Gasteiger charge is -2.30. The Kier molecular flexibility index (Phi) is 11.3. The van der Waals surface area contributed by atoms with Gasteiger partial charge >= 0.3 is 5.97 Å². The van der Waals surface area contributed by atoms with E-state index in [0.717, 1.165) is 22.5 Å². The molecular formula is C33H43NO9S2. The number of fused-ring (bicyclic) bond motifs is 1. The van der Waals surface area contributed by atoms with Crippen molar-refractivity contribution in [3.05, 3.63) is 89.2 Å². The van der Waals surface area contributed by atoms with Crippen LogP contribution < -0.4 is 4.90 Å². The largest absolute Gasteiger partial charge is 0.481 e. The van der Waals surface area contributed by atoms with E-state index in [-0.39, 0.29) is 16.2 Å². The molecule has 0 saturated heterocycles. The summed E-state index contributed by atoms with van der Waals surface area (Å²) in [5, 5.41) is 9.02. The third-order valence-electron chi connectivity index (χ3n) is 8.62. The molecule has 1 atom stereocenters. The minimum Gasteiger partial charge on any atom is -0.481 e. The second-order valence-electron chi connectivity index (χ2n) is 12.1. The first kappa shape index (κ1) is 36.2. The molecule has 0 radical (unpaired) electrons. The Hall–Kier alpha value is -3.29. The lowest BCUT2D eigenvalue weighted by molar-refractivity contribution is -0.137. The maximum atomic E-state index is 12.1. The van der Waals surface area contributed by atoms with E-state index in [4.69, 9.17) is 9.84 Å². The zero-order valence-corrected chi connectivity index (χ0v) is 28.0. The minimum atomic E-state index is -4.45. The highest BCUT2D eigenvalue weighted by molar-refractivity contribution is 7.86. The number of rotatable bonds is 15. The summed E-state index contributed by atoms with van der Waals surface area (Å²) >= 11 is 0. The Morgan fingerprint density at radius 2 is 1.64 bits per heavy atom. The van der Waals surface area contributed by atoms with Gasteiger partial charge in [0.15, 0.2) is 0 Å². The Balaban J connectivity index is 2.06. The molecule has 0 amide bonds. The fourth-order valence-electron chi connectivity index (χ4n) is 5.80. The van der Waals surface area contributed by atoms with Gasteiger partial charge in [-0.1, -0.05) is 45.1 Å². The molecule has 0 spiro atoms. The van der Waals surface area contributed by atoms with Crippen molar-refractivity contribution in [3.63, 3.8) is 0 Å². The summed E-state index contributed by atoms with van der Waals surface area (Å²) in [6, 6.07) is 9.00. The van der Waals surface area contributed by atoms with Gasteiger partial charge in [0.2, 0.25) is 0 Å². The molecule has 0 fully saturated rings. The topological polar surface area (TPSA) is 159 Å². The molecule has 0 aliphatic carbocycles. The number of carboxylic acids is 1. The van der Waals surface area contributed by atoms with Crippen molar-refractivity contribution < 1.29 is 40.6 Å². The maximum absolute atomic E-state index is 12.1. The smallest absolute Gasteiger partial charge is 0.303 e. The molecule has 12 heteroatoms. The number of methoxy groups -OCH3 is 1. The molecule has 2 aromatic rings. The third-order valence-corrected chi connectivity index (χ3v) is 10.3. The summed E-state index contributed by atoms with van der Waals surface area (Å²) < 4.78 is 72.6. The zero-order valence-electron chi connectivity index (χ0n) is 26.4. The summed E-state index contributed by atoms with van der Waals surface area (Å²) in [5.41, 5.74) is 3.18. The van der Waals surface area contributed by atoms with Crippen LogP contribution in [-0.2, 0) is 40.6 Å². The molecule has 1 unspecified atom stereocenters. The number of aryl methyl sites for hydroxylation is 1. The van der Waals surface area contributed by atoms with E-state index in [1.807, 2.05) is 45.9 Å². The number of aliphatic carboxylic acids is 1. The van der Waals surface area contributed by atoms with Gasteiger partial charge in [-0.05, 0) is 91.8 Å². The van der Waals surface area contributed by atoms with Gasteiger partial charge in [-0.2, -0.15) is 16.8 Å². The zero-order chi connectivity index (χ0) is 33.8. The molecule has 45 heavy (non-hydrogen) atoms. The Morgan fingerprint density at radius 1 is 1.02 bits per heavy atom. The number of ether oxygens (including phenoxy) is 1. The maximum Gasteiger partial charge on any atom is 0.303 e. The Labute approximate surface area is 266 Å². The molecule has 246 valence electrons. The molecule has 1 heterocycles. The number of hydrogen-bond donors (Lipinski definition) is 3. The van der Waals surface area contributed by atoms with Gasteiger partial charge in [0.05, 0.1) is 9.79 Å². The SMILES string of the molecule is C=C(/C=C/C=C1/N(CCCCCC(=O)O)c2ccc(S(=O)(=O)O)cc2C1(C)CCOC)C(C)(C)c1cc(S(=O)(=O)O)ccc1C. The summed E-state index contributed by atoms with van der Waals surface area (Å²) in [5.74, 6) is -0.847. The number of carbonyl (C=O) groups is 1. The predicted molar refractivity (Wildman–Crippen MR) is 174 cm³/mol. The van der Waals surface area contributed by atoms with E-state index in [9.17, 15) is 30.7 Å². The molecule has 3 rings (SSSR count).